The molecule has 10 heteroatoms. The number of carbonyl (C=O) groups excluding carboxylic acids is 4. The SMILES string of the molecule is CN(CC(=O)c1ccc(O)c(O)c1)C(=O)CN1C(=O)SC(=Cc2ccc(F)cc2)C1=O. The quantitative estimate of drug-likeness (QED) is 0.400. The van der Waals surface area contributed by atoms with E-state index in [0.29, 0.717) is 17.3 Å². The maximum absolute atomic E-state index is 13.0. The second-order valence-electron chi connectivity index (χ2n) is 6.70. The van der Waals surface area contributed by atoms with Crippen molar-refractivity contribution in [1.29, 1.82) is 0 Å². The molecule has 2 aromatic carbocycles. The Balaban J connectivity index is 1.64. The fraction of sp³-hybridized carbons (Fsp3) is 0.143. The number of thioether (sulfide) groups is 1. The van der Waals surface area contributed by atoms with Crippen LogP contribution >= 0.6 is 11.8 Å². The number of aromatic hydroxyl groups is 2. The lowest BCUT2D eigenvalue weighted by Crippen LogP contribution is -2.42. The highest BCUT2D eigenvalue weighted by Crippen LogP contribution is 2.32. The second kappa shape index (κ2) is 9.00. The first kappa shape index (κ1) is 22.0. The van der Waals surface area contributed by atoms with Gasteiger partial charge < -0.3 is 15.1 Å². The van der Waals surface area contributed by atoms with E-state index in [9.17, 15) is 33.8 Å². The van der Waals surface area contributed by atoms with E-state index >= 15 is 0 Å². The van der Waals surface area contributed by atoms with Crippen molar-refractivity contribution in [3.05, 3.63) is 64.3 Å². The molecule has 1 fully saturated rings. The molecule has 3 amide bonds. The number of hydrogen-bond acceptors (Lipinski definition) is 7. The molecular formula is C21H17FN2O6S. The Labute approximate surface area is 180 Å². The molecule has 8 nitrogen and oxygen atoms in total. The van der Waals surface area contributed by atoms with Gasteiger partial charge in [-0.15, -0.1) is 0 Å². The number of nitrogens with zero attached hydrogens (tertiary/aromatic N) is 2. The molecule has 0 aromatic heterocycles. The molecule has 0 spiro atoms. The van der Waals surface area contributed by atoms with Crippen molar-refractivity contribution in [2.45, 2.75) is 0 Å². The average molecular weight is 444 g/mol. The molecular weight excluding hydrogens is 427 g/mol. The maximum atomic E-state index is 13.0. The topological polar surface area (TPSA) is 115 Å². The van der Waals surface area contributed by atoms with Gasteiger partial charge in [-0.3, -0.25) is 24.1 Å². The maximum Gasteiger partial charge on any atom is 0.294 e. The number of amides is 3. The summed E-state index contributed by atoms with van der Waals surface area (Å²) in [5.74, 6) is -3.08. The number of halogens is 1. The molecule has 0 bridgehead atoms. The van der Waals surface area contributed by atoms with Gasteiger partial charge in [0.1, 0.15) is 12.4 Å². The minimum atomic E-state index is -0.657. The summed E-state index contributed by atoms with van der Waals surface area (Å²) in [7, 11) is 1.34. The Kier molecular flexibility index (Phi) is 6.40. The number of Topliss-reactive ketones (excluding diaryl/α,β-unsaturated/α-hetero) is 1. The zero-order valence-electron chi connectivity index (χ0n) is 16.2. The number of hydrogen-bond donors (Lipinski definition) is 2. The van der Waals surface area contributed by atoms with Gasteiger partial charge >= 0.3 is 0 Å². The van der Waals surface area contributed by atoms with E-state index in [1.807, 2.05) is 0 Å². The highest BCUT2D eigenvalue weighted by Gasteiger charge is 2.37. The molecule has 0 saturated carbocycles. The predicted octanol–water partition coefficient (Wildman–Crippen LogP) is 2.61. The van der Waals surface area contributed by atoms with Crippen LogP contribution in [0.5, 0.6) is 11.5 Å². The standard InChI is InChI=1S/C21H17FN2O6S/c1-23(10-17(27)13-4-7-15(25)16(26)9-13)19(28)11-24-20(29)18(31-21(24)30)8-12-2-5-14(22)6-3-12/h2-9,25-26H,10-11H2,1H3. The van der Waals surface area contributed by atoms with Gasteiger partial charge in [0.15, 0.2) is 17.3 Å². The number of carbonyl (C=O) groups is 4. The number of likely N-dealkylation sites (N-methyl/N-ethyl adjacent to an activating group) is 1. The Morgan fingerprint density at radius 3 is 2.42 bits per heavy atom. The molecule has 160 valence electrons. The Morgan fingerprint density at radius 1 is 1.10 bits per heavy atom. The third kappa shape index (κ3) is 5.10. The van der Waals surface area contributed by atoms with Gasteiger partial charge in [-0.05, 0) is 53.7 Å². The van der Waals surface area contributed by atoms with Crippen LogP contribution in [0, 0.1) is 5.82 Å². The van der Waals surface area contributed by atoms with Gasteiger partial charge in [0.2, 0.25) is 5.91 Å². The molecule has 0 aliphatic carbocycles. The van der Waals surface area contributed by atoms with Gasteiger partial charge in [-0.25, -0.2) is 4.39 Å². The molecule has 0 atom stereocenters. The zero-order chi connectivity index (χ0) is 22.7. The third-order valence-corrected chi connectivity index (χ3v) is 5.35. The van der Waals surface area contributed by atoms with Crippen molar-refractivity contribution in [3.8, 4) is 11.5 Å². The molecule has 1 aliphatic heterocycles. The highest BCUT2D eigenvalue weighted by molar-refractivity contribution is 8.18. The molecule has 2 N–H and O–H groups in total. The first-order valence-corrected chi connectivity index (χ1v) is 9.77. The van der Waals surface area contributed by atoms with E-state index in [-0.39, 0.29) is 22.8 Å². The van der Waals surface area contributed by atoms with Gasteiger partial charge in [-0.1, -0.05) is 12.1 Å². The van der Waals surface area contributed by atoms with Crippen molar-refractivity contribution in [3.63, 3.8) is 0 Å². The summed E-state index contributed by atoms with van der Waals surface area (Å²) in [6.07, 6.45) is 1.43. The first-order valence-electron chi connectivity index (χ1n) is 8.96. The Morgan fingerprint density at radius 2 is 1.77 bits per heavy atom. The summed E-state index contributed by atoms with van der Waals surface area (Å²) in [6.45, 7) is -0.902. The van der Waals surface area contributed by atoms with E-state index in [1.54, 1.807) is 0 Å². The molecule has 1 heterocycles. The van der Waals surface area contributed by atoms with Crippen LogP contribution in [0.4, 0.5) is 9.18 Å². The van der Waals surface area contributed by atoms with Crippen molar-refractivity contribution < 1.29 is 33.8 Å². The molecule has 0 radical (unpaired) electrons. The van der Waals surface area contributed by atoms with E-state index < -0.39 is 40.9 Å². The fourth-order valence-corrected chi connectivity index (χ4v) is 3.53. The number of imide groups is 1. The molecule has 0 unspecified atom stereocenters. The minimum Gasteiger partial charge on any atom is -0.504 e. The van der Waals surface area contributed by atoms with E-state index in [2.05, 4.69) is 0 Å². The van der Waals surface area contributed by atoms with Crippen LogP contribution in [0.1, 0.15) is 15.9 Å². The summed E-state index contributed by atoms with van der Waals surface area (Å²) < 4.78 is 13.0. The summed E-state index contributed by atoms with van der Waals surface area (Å²) in [5.41, 5.74) is 0.612. The lowest BCUT2D eigenvalue weighted by Gasteiger charge is -2.19. The van der Waals surface area contributed by atoms with Crippen LogP contribution in [0.3, 0.4) is 0 Å². The fourth-order valence-electron chi connectivity index (χ4n) is 2.69. The first-order chi connectivity index (χ1) is 14.7. The second-order valence-corrected chi connectivity index (χ2v) is 7.69. The Bertz CT molecular complexity index is 1100. The van der Waals surface area contributed by atoms with E-state index in [1.165, 1.54) is 43.5 Å². The van der Waals surface area contributed by atoms with Gasteiger partial charge in [0, 0.05) is 12.6 Å². The highest BCUT2D eigenvalue weighted by atomic mass is 32.2. The van der Waals surface area contributed by atoms with Gasteiger partial charge in [0.25, 0.3) is 11.1 Å². The van der Waals surface area contributed by atoms with Crippen LogP contribution < -0.4 is 0 Å². The van der Waals surface area contributed by atoms with Crippen molar-refractivity contribution in [1.82, 2.24) is 9.80 Å². The Hall–Kier alpha value is -3.66. The van der Waals surface area contributed by atoms with Crippen molar-refractivity contribution >= 4 is 40.7 Å². The number of rotatable bonds is 6. The normalized spacial score (nSPS) is 14.9. The summed E-state index contributed by atoms with van der Waals surface area (Å²) in [4.78, 5) is 51.4. The average Bonchev–Trinajstić information content (AvgIpc) is 2.98. The van der Waals surface area contributed by atoms with Gasteiger partial charge in [-0.2, -0.15) is 0 Å². The van der Waals surface area contributed by atoms with E-state index in [0.717, 1.165) is 21.9 Å². The number of benzene rings is 2. The molecule has 31 heavy (non-hydrogen) atoms. The van der Waals surface area contributed by atoms with Crippen LogP contribution in [-0.2, 0) is 9.59 Å². The largest absolute Gasteiger partial charge is 0.504 e. The lowest BCUT2D eigenvalue weighted by molar-refractivity contribution is -0.134. The van der Waals surface area contributed by atoms with E-state index in [4.69, 9.17) is 0 Å². The van der Waals surface area contributed by atoms with Crippen LogP contribution in [-0.4, -0.2) is 63.0 Å². The molecule has 2 aromatic rings. The summed E-state index contributed by atoms with van der Waals surface area (Å²) in [6, 6.07) is 8.87. The molecule has 3 rings (SSSR count). The number of ketones is 1. The molecule has 1 saturated heterocycles. The van der Waals surface area contributed by atoms with Crippen LogP contribution in [0.15, 0.2) is 47.4 Å². The smallest absolute Gasteiger partial charge is 0.294 e. The van der Waals surface area contributed by atoms with Crippen LogP contribution in [0.25, 0.3) is 6.08 Å². The van der Waals surface area contributed by atoms with Crippen molar-refractivity contribution in [2.75, 3.05) is 20.1 Å². The number of phenolic OH excluding ortho intramolecular Hbond substituents is 2. The molecule has 1 aliphatic rings. The minimum absolute atomic E-state index is 0.0864. The predicted molar refractivity (Wildman–Crippen MR) is 111 cm³/mol. The monoisotopic (exact) mass is 444 g/mol. The van der Waals surface area contributed by atoms with Gasteiger partial charge in [0.05, 0.1) is 11.4 Å². The third-order valence-electron chi connectivity index (χ3n) is 4.44. The summed E-state index contributed by atoms with van der Waals surface area (Å²) in [5, 5.41) is 18.2. The summed E-state index contributed by atoms with van der Waals surface area (Å²) >= 11 is 0.664. The number of phenols is 2. The zero-order valence-corrected chi connectivity index (χ0v) is 17.1. The van der Waals surface area contributed by atoms with Crippen LogP contribution in [0.2, 0.25) is 0 Å². The van der Waals surface area contributed by atoms with Crippen molar-refractivity contribution in [2.24, 2.45) is 0 Å². The lowest BCUT2D eigenvalue weighted by atomic mass is 10.1.